The lowest BCUT2D eigenvalue weighted by Gasteiger charge is -2.07. The van der Waals surface area contributed by atoms with Gasteiger partial charge in [0.15, 0.2) is 5.16 Å². The Morgan fingerprint density at radius 3 is 2.92 bits per heavy atom. The molecule has 3 aromatic rings. The Balaban J connectivity index is 1.65. The highest BCUT2D eigenvalue weighted by atomic mass is 35.5. The van der Waals surface area contributed by atoms with Gasteiger partial charge in [0.2, 0.25) is 11.7 Å². The van der Waals surface area contributed by atoms with Crippen LogP contribution in [0.1, 0.15) is 18.2 Å². The van der Waals surface area contributed by atoms with Crippen LogP contribution in [0.4, 0.5) is 0 Å². The molecule has 25 heavy (non-hydrogen) atoms. The number of aromatic amines is 1. The molecule has 0 fully saturated rings. The van der Waals surface area contributed by atoms with Crippen LogP contribution in [-0.4, -0.2) is 31.2 Å². The summed E-state index contributed by atoms with van der Waals surface area (Å²) < 4.78 is 1.76. The van der Waals surface area contributed by atoms with Crippen LogP contribution in [0.3, 0.4) is 0 Å². The first-order chi connectivity index (χ1) is 12.1. The third kappa shape index (κ3) is 4.02. The molecule has 0 saturated carbocycles. The molecule has 0 radical (unpaired) electrons. The molecule has 3 rings (SSSR count). The van der Waals surface area contributed by atoms with Gasteiger partial charge in [-0.25, -0.2) is 0 Å². The summed E-state index contributed by atoms with van der Waals surface area (Å²) in [6.45, 7) is 2.31. The van der Waals surface area contributed by atoms with Crippen LogP contribution >= 0.6 is 23.4 Å². The van der Waals surface area contributed by atoms with E-state index in [1.165, 1.54) is 17.8 Å². The van der Waals surface area contributed by atoms with E-state index in [0.29, 0.717) is 28.9 Å². The Labute approximate surface area is 152 Å². The molecule has 0 bridgehead atoms. The average molecular weight is 378 g/mol. The first-order valence-corrected chi connectivity index (χ1v) is 9.05. The van der Waals surface area contributed by atoms with Gasteiger partial charge in [-0.05, 0) is 18.1 Å². The number of thioether (sulfide) groups is 1. The van der Waals surface area contributed by atoms with E-state index in [1.54, 1.807) is 10.5 Å². The number of H-pyrrole nitrogens is 1. The van der Waals surface area contributed by atoms with Crippen LogP contribution in [0.15, 0.2) is 40.3 Å². The zero-order valence-electron chi connectivity index (χ0n) is 13.5. The minimum atomic E-state index is -0.217. The van der Waals surface area contributed by atoms with Gasteiger partial charge in [0.1, 0.15) is 0 Å². The first-order valence-electron chi connectivity index (χ1n) is 7.68. The number of carbonyl (C=O) groups excluding carboxylic acids is 1. The number of benzene rings is 1. The van der Waals surface area contributed by atoms with E-state index in [-0.39, 0.29) is 17.2 Å². The van der Waals surface area contributed by atoms with Crippen molar-refractivity contribution in [3.8, 4) is 0 Å². The average Bonchev–Trinajstić information content (AvgIpc) is 3.01. The van der Waals surface area contributed by atoms with Gasteiger partial charge in [-0.2, -0.15) is 0 Å². The smallest absolute Gasteiger partial charge is 0.252 e. The first kappa shape index (κ1) is 17.5. The van der Waals surface area contributed by atoms with Gasteiger partial charge < -0.3 is 5.32 Å². The zero-order chi connectivity index (χ0) is 17.8. The number of nitrogens with one attached hydrogen (secondary N) is 2. The van der Waals surface area contributed by atoms with E-state index < -0.39 is 0 Å². The Morgan fingerprint density at radius 1 is 1.36 bits per heavy atom. The standard InChI is InChI=1S/C16H16ClN5O2S/c1-2-11-7-13(23)19-15-20-21-16(22(11)15)25-9-14(24)18-8-10-5-3-4-6-12(10)17/h3-7H,2,8-9H2,1H3,(H,18,24)(H,19,20,23). The summed E-state index contributed by atoms with van der Waals surface area (Å²) in [5.41, 5.74) is 1.44. The maximum absolute atomic E-state index is 12.1. The molecule has 0 saturated heterocycles. The molecule has 2 heterocycles. The van der Waals surface area contributed by atoms with Gasteiger partial charge in [-0.1, -0.05) is 48.5 Å². The number of aryl methyl sites for hydroxylation is 1. The lowest BCUT2D eigenvalue weighted by atomic mass is 10.2. The Morgan fingerprint density at radius 2 is 2.16 bits per heavy atom. The van der Waals surface area contributed by atoms with Crippen LogP contribution in [0.5, 0.6) is 0 Å². The van der Waals surface area contributed by atoms with Crippen molar-refractivity contribution in [2.24, 2.45) is 0 Å². The molecule has 2 N–H and O–H groups in total. The second kappa shape index (κ2) is 7.71. The maximum Gasteiger partial charge on any atom is 0.252 e. The van der Waals surface area contributed by atoms with E-state index in [1.807, 2.05) is 25.1 Å². The number of hydrogen-bond donors (Lipinski definition) is 2. The molecule has 1 aromatic carbocycles. The minimum absolute atomic E-state index is 0.135. The summed E-state index contributed by atoms with van der Waals surface area (Å²) >= 11 is 7.33. The van der Waals surface area contributed by atoms with Crippen LogP contribution < -0.4 is 10.9 Å². The van der Waals surface area contributed by atoms with Crippen molar-refractivity contribution in [2.45, 2.75) is 25.0 Å². The second-order valence-electron chi connectivity index (χ2n) is 5.28. The molecule has 0 aliphatic rings. The molecule has 0 aliphatic heterocycles. The van der Waals surface area contributed by atoms with Crippen LogP contribution in [-0.2, 0) is 17.8 Å². The zero-order valence-corrected chi connectivity index (χ0v) is 15.0. The summed E-state index contributed by atoms with van der Waals surface area (Å²) in [6.07, 6.45) is 0.657. The fourth-order valence-corrected chi connectivity index (χ4v) is 3.34. The fraction of sp³-hybridized carbons (Fsp3) is 0.250. The third-order valence-corrected chi connectivity index (χ3v) is 4.88. The number of nitrogens with zero attached hydrogens (tertiary/aromatic N) is 3. The SMILES string of the molecule is CCc1cc(=O)[nH]c2nnc(SCC(=O)NCc3ccccc3Cl)n12. The Bertz CT molecular complexity index is 969. The normalized spacial score (nSPS) is 11.0. The van der Waals surface area contributed by atoms with Crippen molar-refractivity contribution in [3.63, 3.8) is 0 Å². The van der Waals surface area contributed by atoms with E-state index in [9.17, 15) is 9.59 Å². The van der Waals surface area contributed by atoms with E-state index in [4.69, 9.17) is 11.6 Å². The van der Waals surface area contributed by atoms with Gasteiger partial charge in [-0.3, -0.25) is 19.0 Å². The Hall–Kier alpha value is -2.32. The summed E-state index contributed by atoms with van der Waals surface area (Å²) in [5.74, 6) is 0.431. The van der Waals surface area contributed by atoms with Crippen LogP contribution in [0.25, 0.3) is 5.78 Å². The molecule has 2 aromatic heterocycles. The molecule has 0 unspecified atom stereocenters. The highest BCUT2D eigenvalue weighted by Gasteiger charge is 2.13. The number of rotatable bonds is 6. The van der Waals surface area contributed by atoms with Gasteiger partial charge in [0.05, 0.1) is 5.75 Å². The topological polar surface area (TPSA) is 92.2 Å². The summed E-state index contributed by atoms with van der Waals surface area (Å²) in [6, 6.07) is 8.88. The lowest BCUT2D eigenvalue weighted by molar-refractivity contribution is -0.118. The van der Waals surface area contributed by atoms with E-state index in [2.05, 4.69) is 20.5 Å². The molecule has 0 spiro atoms. The van der Waals surface area contributed by atoms with E-state index in [0.717, 1.165) is 11.3 Å². The number of halogens is 1. The van der Waals surface area contributed by atoms with Crippen LogP contribution in [0.2, 0.25) is 5.02 Å². The molecular formula is C16H16ClN5O2S. The van der Waals surface area contributed by atoms with Gasteiger partial charge >= 0.3 is 0 Å². The molecule has 1 amide bonds. The molecule has 0 atom stereocenters. The van der Waals surface area contributed by atoms with Crippen molar-refractivity contribution in [1.29, 1.82) is 0 Å². The summed E-state index contributed by atoms with van der Waals surface area (Å²) in [5, 5.41) is 12.0. The van der Waals surface area contributed by atoms with Crippen molar-refractivity contribution >= 4 is 35.0 Å². The van der Waals surface area contributed by atoms with Crippen molar-refractivity contribution < 1.29 is 4.79 Å². The molecule has 9 heteroatoms. The second-order valence-corrected chi connectivity index (χ2v) is 6.63. The maximum atomic E-state index is 12.1. The number of aromatic nitrogens is 4. The summed E-state index contributed by atoms with van der Waals surface area (Å²) in [4.78, 5) is 26.3. The third-order valence-electron chi connectivity index (χ3n) is 3.58. The molecule has 130 valence electrons. The van der Waals surface area contributed by atoms with Gasteiger partial charge in [-0.15, -0.1) is 10.2 Å². The number of fused-ring (bicyclic) bond motifs is 1. The summed E-state index contributed by atoms with van der Waals surface area (Å²) in [7, 11) is 0. The van der Waals surface area contributed by atoms with E-state index >= 15 is 0 Å². The predicted octanol–water partition coefficient (Wildman–Crippen LogP) is 2.04. The highest BCUT2D eigenvalue weighted by Crippen LogP contribution is 2.18. The lowest BCUT2D eigenvalue weighted by Crippen LogP contribution is -2.24. The fourth-order valence-electron chi connectivity index (χ4n) is 2.34. The number of hydrogen-bond acceptors (Lipinski definition) is 5. The van der Waals surface area contributed by atoms with Gasteiger partial charge in [0.25, 0.3) is 5.56 Å². The largest absolute Gasteiger partial charge is 0.351 e. The predicted molar refractivity (Wildman–Crippen MR) is 97.0 cm³/mol. The quantitative estimate of drug-likeness (QED) is 0.641. The van der Waals surface area contributed by atoms with Crippen molar-refractivity contribution in [3.05, 3.63) is 57.0 Å². The number of amides is 1. The molecular weight excluding hydrogens is 362 g/mol. The van der Waals surface area contributed by atoms with Crippen molar-refractivity contribution in [1.82, 2.24) is 24.9 Å². The van der Waals surface area contributed by atoms with Crippen molar-refractivity contribution in [2.75, 3.05) is 5.75 Å². The Kier molecular flexibility index (Phi) is 5.40. The van der Waals surface area contributed by atoms with Gasteiger partial charge in [0, 0.05) is 23.3 Å². The van der Waals surface area contributed by atoms with Crippen LogP contribution in [0, 0.1) is 0 Å². The highest BCUT2D eigenvalue weighted by molar-refractivity contribution is 7.99. The minimum Gasteiger partial charge on any atom is -0.351 e. The molecule has 0 aliphatic carbocycles. The monoisotopic (exact) mass is 377 g/mol. The molecule has 7 nitrogen and oxygen atoms in total. The number of carbonyl (C=O) groups is 1.